The second-order valence-corrected chi connectivity index (χ2v) is 6.17. The average Bonchev–Trinajstić information content (AvgIpc) is 2.21. The van der Waals surface area contributed by atoms with Crippen LogP contribution in [0.3, 0.4) is 0 Å². The van der Waals surface area contributed by atoms with Crippen molar-refractivity contribution in [1.29, 1.82) is 0 Å². The van der Waals surface area contributed by atoms with Gasteiger partial charge in [-0.15, -0.1) is 0 Å². The van der Waals surface area contributed by atoms with Gasteiger partial charge in [0.2, 0.25) is 0 Å². The number of carbonyl (C=O) groups excluding carboxylic acids is 1. The average molecular weight is 274 g/mol. The molecule has 0 aliphatic heterocycles. The van der Waals surface area contributed by atoms with Crippen molar-refractivity contribution in [3.05, 3.63) is 0 Å². The molecule has 0 heterocycles. The molecule has 0 aromatic carbocycles. The number of methoxy groups -OCH3 is 1. The van der Waals surface area contributed by atoms with Crippen LogP contribution in [0.5, 0.6) is 0 Å². The van der Waals surface area contributed by atoms with Crippen LogP contribution in [-0.4, -0.2) is 42.9 Å². The lowest BCUT2D eigenvalue weighted by Gasteiger charge is -2.28. The zero-order valence-corrected chi connectivity index (χ0v) is 12.5. The molecular weight excluding hydrogens is 248 g/mol. The Balaban J connectivity index is 4.14. The van der Waals surface area contributed by atoms with Crippen molar-refractivity contribution in [3.63, 3.8) is 0 Å². The summed E-state index contributed by atoms with van der Waals surface area (Å²) in [5, 5.41) is 14.1. The zero-order chi connectivity index (χ0) is 15.1. The molecule has 0 spiro atoms. The summed E-state index contributed by atoms with van der Waals surface area (Å²) in [6.07, 6.45) is 0.718. The van der Waals surface area contributed by atoms with Crippen molar-refractivity contribution < 1.29 is 19.4 Å². The summed E-state index contributed by atoms with van der Waals surface area (Å²) in [6.45, 7) is 8.57. The quantitative estimate of drug-likeness (QED) is 0.627. The molecule has 0 unspecified atom stereocenters. The summed E-state index contributed by atoms with van der Waals surface area (Å²) in [5.41, 5.74) is -0.836. The summed E-state index contributed by atoms with van der Waals surface area (Å²) in [4.78, 5) is 22.4. The van der Waals surface area contributed by atoms with Crippen LogP contribution in [0.4, 0.5) is 4.79 Å². The van der Waals surface area contributed by atoms with Gasteiger partial charge < -0.3 is 20.5 Å². The fourth-order valence-electron chi connectivity index (χ4n) is 1.56. The first-order chi connectivity index (χ1) is 8.58. The smallest absolute Gasteiger partial charge is 0.315 e. The lowest BCUT2D eigenvalue weighted by atomic mass is 9.90. The van der Waals surface area contributed by atoms with E-state index >= 15 is 0 Å². The topological polar surface area (TPSA) is 87.7 Å². The molecule has 19 heavy (non-hydrogen) atoms. The molecule has 0 fully saturated rings. The lowest BCUT2D eigenvalue weighted by Crippen LogP contribution is -2.51. The molecule has 112 valence electrons. The third-order valence-electron chi connectivity index (χ3n) is 2.76. The number of hydrogen-bond donors (Lipinski definition) is 3. The van der Waals surface area contributed by atoms with Crippen molar-refractivity contribution in [2.45, 2.75) is 46.1 Å². The predicted octanol–water partition coefficient (Wildman–Crippen LogP) is 1.60. The van der Waals surface area contributed by atoms with Crippen LogP contribution in [0.15, 0.2) is 0 Å². The molecule has 0 aromatic rings. The van der Waals surface area contributed by atoms with E-state index in [1.54, 1.807) is 21.0 Å². The van der Waals surface area contributed by atoms with Crippen LogP contribution in [0.25, 0.3) is 0 Å². The number of urea groups is 1. The van der Waals surface area contributed by atoms with Gasteiger partial charge in [0.05, 0.1) is 6.42 Å². The molecule has 3 N–H and O–H groups in total. The van der Waals surface area contributed by atoms with E-state index in [0.29, 0.717) is 13.2 Å². The summed E-state index contributed by atoms with van der Waals surface area (Å²) < 4.78 is 5.02. The molecule has 0 radical (unpaired) electrons. The number of amides is 2. The Labute approximate surface area is 114 Å². The van der Waals surface area contributed by atoms with Crippen LogP contribution in [0.1, 0.15) is 40.5 Å². The van der Waals surface area contributed by atoms with Gasteiger partial charge in [-0.25, -0.2) is 4.79 Å². The normalized spacial score (nSPS) is 12.1. The Bertz CT molecular complexity index is 314. The molecule has 0 aliphatic rings. The van der Waals surface area contributed by atoms with Crippen molar-refractivity contribution in [1.82, 2.24) is 10.6 Å². The monoisotopic (exact) mass is 274 g/mol. The number of rotatable bonds is 8. The van der Waals surface area contributed by atoms with Crippen LogP contribution in [0, 0.1) is 5.41 Å². The van der Waals surface area contributed by atoms with E-state index in [2.05, 4.69) is 10.6 Å². The predicted molar refractivity (Wildman–Crippen MR) is 73.1 cm³/mol. The molecule has 6 heteroatoms. The molecular formula is C13H26N2O4. The second-order valence-electron chi connectivity index (χ2n) is 6.17. The van der Waals surface area contributed by atoms with Crippen LogP contribution in [-0.2, 0) is 9.53 Å². The molecule has 0 aromatic heterocycles. The molecule has 2 amide bonds. The Morgan fingerprint density at radius 1 is 1.21 bits per heavy atom. The van der Waals surface area contributed by atoms with Gasteiger partial charge in [-0.05, 0) is 25.7 Å². The summed E-state index contributed by atoms with van der Waals surface area (Å²) >= 11 is 0. The van der Waals surface area contributed by atoms with Gasteiger partial charge in [-0.3, -0.25) is 4.79 Å². The van der Waals surface area contributed by atoms with E-state index in [1.807, 2.05) is 13.8 Å². The van der Waals surface area contributed by atoms with Crippen molar-refractivity contribution >= 4 is 12.0 Å². The van der Waals surface area contributed by atoms with Gasteiger partial charge >= 0.3 is 12.0 Å². The highest BCUT2D eigenvalue weighted by Gasteiger charge is 2.25. The molecule has 0 rings (SSSR count). The van der Waals surface area contributed by atoms with Crippen molar-refractivity contribution in [3.8, 4) is 0 Å². The van der Waals surface area contributed by atoms with E-state index in [9.17, 15) is 9.59 Å². The Hall–Kier alpha value is -1.30. The molecule has 0 saturated heterocycles. The summed E-state index contributed by atoms with van der Waals surface area (Å²) in [5.74, 6) is -0.939. The molecule has 0 bridgehead atoms. The highest BCUT2D eigenvalue weighted by molar-refractivity contribution is 5.76. The summed E-state index contributed by atoms with van der Waals surface area (Å²) in [6, 6.07) is -0.350. The van der Waals surface area contributed by atoms with E-state index in [-0.39, 0.29) is 17.9 Å². The first-order valence-corrected chi connectivity index (χ1v) is 6.35. The summed E-state index contributed by atoms with van der Waals surface area (Å²) in [7, 11) is 1.64. The van der Waals surface area contributed by atoms with Crippen LogP contribution in [0.2, 0.25) is 0 Å². The van der Waals surface area contributed by atoms with E-state index in [4.69, 9.17) is 9.84 Å². The zero-order valence-electron chi connectivity index (χ0n) is 12.5. The molecule has 0 aliphatic carbocycles. The number of hydrogen-bond acceptors (Lipinski definition) is 3. The molecule has 0 saturated carbocycles. The van der Waals surface area contributed by atoms with Crippen molar-refractivity contribution in [2.24, 2.45) is 5.41 Å². The van der Waals surface area contributed by atoms with E-state index < -0.39 is 11.5 Å². The Kier molecular flexibility index (Phi) is 6.83. The number of nitrogens with one attached hydrogen (secondary N) is 2. The van der Waals surface area contributed by atoms with Crippen LogP contribution < -0.4 is 10.6 Å². The van der Waals surface area contributed by atoms with Gasteiger partial charge in [-0.2, -0.15) is 0 Å². The Morgan fingerprint density at radius 3 is 2.26 bits per heavy atom. The number of ether oxygens (including phenoxy) is 1. The first-order valence-electron chi connectivity index (χ1n) is 6.35. The van der Waals surface area contributed by atoms with Gasteiger partial charge in [-0.1, -0.05) is 13.8 Å². The third kappa shape index (κ3) is 9.30. The molecule has 6 nitrogen and oxygen atoms in total. The second kappa shape index (κ2) is 7.33. The van der Waals surface area contributed by atoms with Crippen LogP contribution >= 0.6 is 0 Å². The number of carboxylic acid groups (broad SMARTS) is 1. The minimum Gasteiger partial charge on any atom is -0.481 e. The first kappa shape index (κ1) is 17.7. The minimum atomic E-state index is -0.939. The van der Waals surface area contributed by atoms with E-state index in [0.717, 1.165) is 6.42 Å². The number of carboxylic acids is 1. The third-order valence-corrected chi connectivity index (χ3v) is 2.76. The van der Waals surface area contributed by atoms with Gasteiger partial charge in [0.15, 0.2) is 0 Å². The highest BCUT2D eigenvalue weighted by Crippen LogP contribution is 2.18. The number of aliphatic carboxylic acids is 1. The SMILES string of the molecule is COCCC(C)(C)CNC(=O)NC(C)(C)CC(=O)O. The maximum atomic E-state index is 11.7. The van der Waals surface area contributed by atoms with Gasteiger partial charge in [0.25, 0.3) is 0 Å². The van der Waals surface area contributed by atoms with Crippen molar-refractivity contribution in [2.75, 3.05) is 20.3 Å². The number of carbonyl (C=O) groups is 2. The maximum absolute atomic E-state index is 11.7. The fourth-order valence-corrected chi connectivity index (χ4v) is 1.56. The molecule has 0 atom stereocenters. The van der Waals surface area contributed by atoms with Gasteiger partial charge in [0.1, 0.15) is 0 Å². The largest absolute Gasteiger partial charge is 0.481 e. The Morgan fingerprint density at radius 2 is 1.79 bits per heavy atom. The standard InChI is InChI=1S/C13H26N2O4/c1-12(2,6-7-19-5)9-14-11(18)15-13(3,4)8-10(16)17/h6-9H2,1-5H3,(H,16,17)(H2,14,15,18). The lowest BCUT2D eigenvalue weighted by molar-refractivity contribution is -0.138. The highest BCUT2D eigenvalue weighted by atomic mass is 16.5. The maximum Gasteiger partial charge on any atom is 0.315 e. The minimum absolute atomic E-state index is 0.0652. The van der Waals surface area contributed by atoms with E-state index in [1.165, 1.54) is 0 Å². The fraction of sp³-hybridized carbons (Fsp3) is 0.846. The van der Waals surface area contributed by atoms with Gasteiger partial charge in [0, 0.05) is 25.8 Å².